The Morgan fingerprint density at radius 2 is 2.11 bits per heavy atom. The molecule has 3 rings (SSSR count). The van der Waals surface area contributed by atoms with E-state index in [2.05, 4.69) is 15.5 Å². The van der Waals surface area contributed by atoms with Crippen molar-refractivity contribution in [3.05, 3.63) is 34.2 Å². The van der Waals surface area contributed by atoms with E-state index < -0.39 is 11.7 Å². The summed E-state index contributed by atoms with van der Waals surface area (Å²) in [5, 5.41) is 23.9. The second kappa shape index (κ2) is 4.13. The lowest BCUT2D eigenvalue weighted by atomic mass is 10.0. The van der Waals surface area contributed by atoms with Gasteiger partial charge in [0.2, 0.25) is 0 Å². The number of phenolic OH excluding ortho intramolecular Hbond substituents is 2. The topological polar surface area (TPSA) is 107 Å². The molecule has 2 heterocycles. The monoisotopic (exact) mass is 259 g/mol. The highest BCUT2D eigenvalue weighted by atomic mass is 16.4. The van der Waals surface area contributed by atoms with Crippen LogP contribution in [-0.4, -0.2) is 22.8 Å². The summed E-state index contributed by atoms with van der Waals surface area (Å²) < 4.78 is 5.08. The van der Waals surface area contributed by atoms with Crippen molar-refractivity contribution >= 4 is 23.5 Å². The molecule has 1 aliphatic heterocycles. The number of aliphatic imine (C=N–C) groups is 1. The molecule has 1 aromatic carbocycles. The highest BCUT2D eigenvalue weighted by molar-refractivity contribution is 5.91. The number of rotatable bonds is 1. The number of nitrogens with zero attached hydrogens (tertiary/aromatic N) is 2. The van der Waals surface area contributed by atoms with Gasteiger partial charge in [0.25, 0.3) is 0 Å². The maximum Gasteiger partial charge on any atom is 0.336 e. The van der Waals surface area contributed by atoms with Gasteiger partial charge in [-0.25, -0.2) is 4.79 Å². The third kappa shape index (κ3) is 1.81. The average Bonchev–Trinajstić information content (AvgIpc) is 2.39. The summed E-state index contributed by atoms with van der Waals surface area (Å²) in [6.07, 6.45) is 2.82. The third-order valence-corrected chi connectivity index (χ3v) is 2.78. The van der Waals surface area contributed by atoms with Crippen LogP contribution in [0.4, 0.5) is 0 Å². The Morgan fingerprint density at radius 3 is 2.84 bits per heavy atom. The SMILES string of the molecule is O=c1ccc2c(O)cc(O)c(C3C=NNC=N3)c2o1. The molecular formula is C12H9N3O4. The molecule has 0 spiro atoms. The largest absolute Gasteiger partial charge is 0.507 e. The maximum absolute atomic E-state index is 11.3. The minimum absolute atomic E-state index is 0.0977. The molecule has 0 radical (unpaired) electrons. The molecule has 3 N–H and O–H groups in total. The van der Waals surface area contributed by atoms with E-state index >= 15 is 0 Å². The van der Waals surface area contributed by atoms with E-state index in [1.165, 1.54) is 30.8 Å². The molecule has 2 aromatic rings. The third-order valence-electron chi connectivity index (χ3n) is 2.78. The summed E-state index contributed by atoms with van der Waals surface area (Å²) in [5.41, 5.74) is 2.34. The van der Waals surface area contributed by atoms with Crippen LogP contribution in [0.1, 0.15) is 11.6 Å². The molecule has 0 bridgehead atoms. The smallest absolute Gasteiger partial charge is 0.336 e. The summed E-state index contributed by atoms with van der Waals surface area (Å²) in [7, 11) is 0. The fourth-order valence-electron chi connectivity index (χ4n) is 1.95. The van der Waals surface area contributed by atoms with Gasteiger partial charge >= 0.3 is 5.63 Å². The molecule has 0 amide bonds. The van der Waals surface area contributed by atoms with Crippen molar-refractivity contribution in [3.8, 4) is 11.5 Å². The molecular weight excluding hydrogens is 250 g/mol. The minimum Gasteiger partial charge on any atom is -0.507 e. The average molecular weight is 259 g/mol. The molecule has 96 valence electrons. The van der Waals surface area contributed by atoms with E-state index in [0.29, 0.717) is 5.39 Å². The molecule has 1 aliphatic rings. The van der Waals surface area contributed by atoms with Crippen LogP contribution in [0.5, 0.6) is 11.5 Å². The van der Waals surface area contributed by atoms with Gasteiger partial charge in [-0.2, -0.15) is 5.10 Å². The lowest BCUT2D eigenvalue weighted by Crippen LogP contribution is -2.13. The molecule has 1 aromatic heterocycles. The Balaban J connectivity index is 2.36. The fourth-order valence-corrected chi connectivity index (χ4v) is 1.95. The molecule has 7 heteroatoms. The number of nitrogens with one attached hydrogen (secondary N) is 1. The molecule has 7 nitrogen and oxygen atoms in total. The zero-order valence-corrected chi connectivity index (χ0v) is 9.57. The zero-order chi connectivity index (χ0) is 13.4. The normalized spacial score (nSPS) is 17.6. The number of fused-ring (bicyclic) bond motifs is 1. The van der Waals surface area contributed by atoms with E-state index in [-0.39, 0.29) is 22.6 Å². The summed E-state index contributed by atoms with van der Waals surface area (Å²) in [6.45, 7) is 0. The van der Waals surface area contributed by atoms with Gasteiger partial charge in [0.05, 0.1) is 17.2 Å². The molecule has 0 fully saturated rings. The number of aromatic hydroxyl groups is 2. The van der Waals surface area contributed by atoms with Crippen LogP contribution in [0.15, 0.2) is 37.5 Å². The number of phenols is 2. The molecule has 1 unspecified atom stereocenters. The van der Waals surface area contributed by atoms with Crippen LogP contribution in [0.3, 0.4) is 0 Å². The van der Waals surface area contributed by atoms with E-state index in [0.717, 1.165) is 0 Å². The van der Waals surface area contributed by atoms with Crippen molar-refractivity contribution in [2.45, 2.75) is 6.04 Å². The van der Waals surface area contributed by atoms with Crippen LogP contribution in [0.2, 0.25) is 0 Å². The van der Waals surface area contributed by atoms with Crippen LogP contribution in [-0.2, 0) is 0 Å². The van der Waals surface area contributed by atoms with Crippen LogP contribution >= 0.6 is 0 Å². The second-order valence-corrected chi connectivity index (χ2v) is 3.96. The van der Waals surface area contributed by atoms with E-state index in [9.17, 15) is 15.0 Å². The minimum atomic E-state index is -0.588. The van der Waals surface area contributed by atoms with Crippen LogP contribution in [0, 0.1) is 0 Å². The van der Waals surface area contributed by atoms with Gasteiger partial charge in [-0.15, -0.1) is 0 Å². The van der Waals surface area contributed by atoms with Crippen molar-refractivity contribution in [1.29, 1.82) is 0 Å². The lowest BCUT2D eigenvalue weighted by molar-refractivity contribution is 0.444. The zero-order valence-electron chi connectivity index (χ0n) is 9.57. The van der Waals surface area contributed by atoms with Crippen molar-refractivity contribution in [3.63, 3.8) is 0 Å². The summed E-state index contributed by atoms with van der Waals surface area (Å²) in [5.74, 6) is -0.385. The Hall–Kier alpha value is -2.83. The predicted octanol–water partition coefficient (Wildman–Crippen LogP) is 0.863. The Morgan fingerprint density at radius 1 is 1.26 bits per heavy atom. The standard InChI is InChI=1S/C12H9N3O4/c16-8-3-9(17)11(7-4-14-15-5-13-7)12-6(8)1-2-10(18)19-12/h1-5,7,16-17H,(H,13,15). The Kier molecular flexibility index (Phi) is 2.45. The van der Waals surface area contributed by atoms with Gasteiger partial charge in [-0.3, -0.25) is 10.4 Å². The van der Waals surface area contributed by atoms with Gasteiger partial charge in [0.15, 0.2) is 5.58 Å². The van der Waals surface area contributed by atoms with E-state index in [1.54, 1.807) is 0 Å². The molecule has 0 saturated carbocycles. The van der Waals surface area contributed by atoms with Gasteiger partial charge in [0, 0.05) is 12.1 Å². The first-order chi connectivity index (χ1) is 9.16. The number of hydrazone groups is 1. The molecule has 0 aliphatic carbocycles. The van der Waals surface area contributed by atoms with Crippen molar-refractivity contribution in [1.82, 2.24) is 5.43 Å². The quantitative estimate of drug-likeness (QED) is 0.658. The lowest BCUT2D eigenvalue weighted by Gasteiger charge is -2.14. The number of hydrogen-bond acceptors (Lipinski definition) is 7. The van der Waals surface area contributed by atoms with Crippen molar-refractivity contribution < 1.29 is 14.6 Å². The van der Waals surface area contributed by atoms with Crippen molar-refractivity contribution in [2.24, 2.45) is 10.1 Å². The first kappa shape index (κ1) is 11.3. The van der Waals surface area contributed by atoms with E-state index in [1.807, 2.05) is 0 Å². The number of benzene rings is 1. The maximum atomic E-state index is 11.3. The summed E-state index contributed by atoms with van der Waals surface area (Å²) in [4.78, 5) is 15.4. The second-order valence-electron chi connectivity index (χ2n) is 3.96. The first-order valence-corrected chi connectivity index (χ1v) is 5.46. The highest BCUT2D eigenvalue weighted by Crippen LogP contribution is 2.38. The van der Waals surface area contributed by atoms with Crippen molar-refractivity contribution in [2.75, 3.05) is 0 Å². The van der Waals surface area contributed by atoms with E-state index in [4.69, 9.17) is 4.42 Å². The molecule has 19 heavy (non-hydrogen) atoms. The predicted molar refractivity (Wildman–Crippen MR) is 68.7 cm³/mol. The van der Waals surface area contributed by atoms with Gasteiger partial charge in [-0.05, 0) is 6.07 Å². The van der Waals surface area contributed by atoms with Crippen LogP contribution < -0.4 is 11.1 Å². The molecule has 0 saturated heterocycles. The Labute approximate surface area is 106 Å². The first-order valence-electron chi connectivity index (χ1n) is 5.46. The highest BCUT2D eigenvalue weighted by Gasteiger charge is 2.21. The van der Waals surface area contributed by atoms with Gasteiger partial charge in [0.1, 0.15) is 23.9 Å². The summed E-state index contributed by atoms with van der Waals surface area (Å²) >= 11 is 0. The number of hydrogen-bond donors (Lipinski definition) is 3. The Bertz CT molecular complexity index is 751. The van der Waals surface area contributed by atoms with Gasteiger partial charge in [-0.1, -0.05) is 0 Å². The summed E-state index contributed by atoms with van der Waals surface area (Å²) in [6, 6.07) is 3.22. The fraction of sp³-hybridized carbons (Fsp3) is 0.0833. The van der Waals surface area contributed by atoms with Gasteiger partial charge < -0.3 is 14.6 Å². The molecule has 1 atom stereocenters. The van der Waals surface area contributed by atoms with Crippen LogP contribution in [0.25, 0.3) is 11.0 Å².